The molecule has 0 bridgehead atoms. The van der Waals surface area contributed by atoms with E-state index in [0.29, 0.717) is 18.5 Å². The molecule has 1 atom stereocenters. The van der Waals surface area contributed by atoms with Crippen LogP contribution in [0.1, 0.15) is 40.5 Å². The van der Waals surface area contributed by atoms with Crippen LogP contribution in [0.3, 0.4) is 0 Å². The molecule has 0 aromatic rings. The summed E-state index contributed by atoms with van der Waals surface area (Å²) in [7, 11) is 0. The zero-order valence-electron chi connectivity index (χ0n) is 13.4. The predicted molar refractivity (Wildman–Crippen MR) is 81.5 cm³/mol. The monoisotopic (exact) mass is 274 g/mol. The standard InChI is InChI=1S/C15H34N2O2/c1-5-14(6-2)15(13-16)17(9-11-18-7-3)10-12-19-8-4/h14-15H,5-13,16H2,1-4H3. The molecule has 0 aliphatic rings. The highest BCUT2D eigenvalue weighted by atomic mass is 16.5. The van der Waals surface area contributed by atoms with Crippen molar-refractivity contribution in [3.63, 3.8) is 0 Å². The van der Waals surface area contributed by atoms with E-state index < -0.39 is 0 Å². The third kappa shape index (κ3) is 7.88. The van der Waals surface area contributed by atoms with Crippen LogP contribution < -0.4 is 5.73 Å². The fourth-order valence-electron chi connectivity index (χ4n) is 2.57. The Hall–Kier alpha value is -0.160. The second-order valence-electron chi connectivity index (χ2n) is 4.81. The lowest BCUT2D eigenvalue weighted by Crippen LogP contribution is -2.48. The second-order valence-corrected chi connectivity index (χ2v) is 4.81. The van der Waals surface area contributed by atoms with E-state index in [1.807, 2.05) is 13.8 Å². The number of ether oxygens (including phenoxy) is 2. The third-order valence-corrected chi connectivity index (χ3v) is 3.76. The molecule has 0 aromatic carbocycles. The zero-order chi connectivity index (χ0) is 14.5. The lowest BCUT2D eigenvalue weighted by atomic mass is 9.93. The Balaban J connectivity index is 4.45. The summed E-state index contributed by atoms with van der Waals surface area (Å²) < 4.78 is 11.0. The molecular formula is C15H34N2O2. The smallest absolute Gasteiger partial charge is 0.0593 e. The largest absolute Gasteiger partial charge is 0.380 e. The lowest BCUT2D eigenvalue weighted by Gasteiger charge is -2.35. The summed E-state index contributed by atoms with van der Waals surface area (Å²) in [4.78, 5) is 2.45. The quantitative estimate of drug-likeness (QED) is 0.523. The number of hydrogen-bond acceptors (Lipinski definition) is 4. The minimum Gasteiger partial charge on any atom is -0.380 e. The highest BCUT2D eigenvalue weighted by Crippen LogP contribution is 2.18. The molecule has 4 nitrogen and oxygen atoms in total. The van der Waals surface area contributed by atoms with Gasteiger partial charge in [-0.25, -0.2) is 0 Å². The Morgan fingerprint density at radius 3 is 1.68 bits per heavy atom. The van der Waals surface area contributed by atoms with Gasteiger partial charge in [-0.05, 0) is 19.8 Å². The first-order chi connectivity index (χ1) is 9.24. The molecule has 0 spiro atoms. The van der Waals surface area contributed by atoms with Gasteiger partial charge in [0.15, 0.2) is 0 Å². The summed E-state index contributed by atoms with van der Waals surface area (Å²) in [5, 5.41) is 0. The van der Waals surface area contributed by atoms with Crippen molar-refractivity contribution in [2.24, 2.45) is 11.7 Å². The maximum absolute atomic E-state index is 6.01. The van der Waals surface area contributed by atoms with Gasteiger partial charge in [-0.1, -0.05) is 26.7 Å². The van der Waals surface area contributed by atoms with E-state index in [1.165, 1.54) is 12.8 Å². The molecule has 0 amide bonds. The van der Waals surface area contributed by atoms with Gasteiger partial charge in [0, 0.05) is 38.9 Å². The van der Waals surface area contributed by atoms with Crippen molar-refractivity contribution in [3.8, 4) is 0 Å². The van der Waals surface area contributed by atoms with E-state index in [-0.39, 0.29) is 0 Å². The maximum atomic E-state index is 6.01. The Bertz CT molecular complexity index is 177. The number of nitrogens with two attached hydrogens (primary N) is 1. The van der Waals surface area contributed by atoms with Crippen LogP contribution in [0.2, 0.25) is 0 Å². The number of nitrogens with zero attached hydrogens (tertiary/aromatic N) is 1. The van der Waals surface area contributed by atoms with Crippen LogP contribution >= 0.6 is 0 Å². The molecule has 0 fully saturated rings. The average Bonchev–Trinajstić information content (AvgIpc) is 2.43. The van der Waals surface area contributed by atoms with Crippen molar-refractivity contribution in [1.29, 1.82) is 0 Å². The molecule has 0 aromatic heterocycles. The molecule has 0 aliphatic carbocycles. The van der Waals surface area contributed by atoms with Crippen molar-refractivity contribution < 1.29 is 9.47 Å². The molecule has 0 aliphatic heterocycles. The second kappa shape index (κ2) is 12.9. The summed E-state index contributed by atoms with van der Waals surface area (Å²) >= 11 is 0. The molecule has 4 heteroatoms. The minimum atomic E-state index is 0.441. The van der Waals surface area contributed by atoms with Crippen LogP contribution in [0, 0.1) is 5.92 Å². The molecule has 0 saturated heterocycles. The Morgan fingerprint density at radius 1 is 0.895 bits per heavy atom. The van der Waals surface area contributed by atoms with Crippen molar-refractivity contribution in [2.75, 3.05) is 46.1 Å². The maximum Gasteiger partial charge on any atom is 0.0593 e. The van der Waals surface area contributed by atoms with Gasteiger partial charge in [-0.15, -0.1) is 0 Å². The molecule has 0 rings (SSSR count). The summed E-state index contributed by atoms with van der Waals surface area (Å²) in [6.45, 7) is 14.3. The third-order valence-electron chi connectivity index (χ3n) is 3.76. The van der Waals surface area contributed by atoms with E-state index in [1.54, 1.807) is 0 Å². The van der Waals surface area contributed by atoms with Crippen molar-refractivity contribution in [3.05, 3.63) is 0 Å². The Labute approximate surface area is 119 Å². The highest BCUT2D eigenvalue weighted by molar-refractivity contribution is 4.79. The summed E-state index contributed by atoms with van der Waals surface area (Å²) in [5.74, 6) is 0.660. The van der Waals surface area contributed by atoms with Crippen LogP contribution in [0.25, 0.3) is 0 Å². The first-order valence-electron chi connectivity index (χ1n) is 7.84. The van der Waals surface area contributed by atoms with E-state index in [9.17, 15) is 0 Å². The van der Waals surface area contributed by atoms with Crippen LogP contribution in [0.15, 0.2) is 0 Å². The topological polar surface area (TPSA) is 47.7 Å². The van der Waals surface area contributed by atoms with Gasteiger partial charge < -0.3 is 15.2 Å². The molecule has 19 heavy (non-hydrogen) atoms. The highest BCUT2D eigenvalue weighted by Gasteiger charge is 2.23. The van der Waals surface area contributed by atoms with Crippen LogP contribution in [0.5, 0.6) is 0 Å². The van der Waals surface area contributed by atoms with Gasteiger partial charge in [0.05, 0.1) is 13.2 Å². The number of hydrogen-bond donors (Lipinski definition) is 1. The zero-order valence-corrected chi connectivity index (χ0v) is 13.4. The van der Waals surface area contributed by atoms with Crippen LogP contribution in [0.4, 0.5) is 0 Å². The summed E-state index contributed by atoms with van der Waals surface area (Å²) in [6.07, 6.45) is 2.36. The van der Waals surface area contributed by atoms with Gasteiger partial charge in [0.2, 0.25) is 0 Å². The van der Waals surface area contributed by atoms with Gasteiger partial charge in [-0.3, -0.25) is 4.90 Å². The lowest BCUT2D eigenvalue weighted by molar-refractivity contribution is 0.0475. The number of rotatable bonds is 13. The molecule has 116 valence electrons. The van der Waals surface area contributed by atoms with Gasteiger partial charge in [0.1, 0.15) is 0 Å². The van der Waals surface area contributed by atoms with Crippen molar-refractivity contribution >= 4 is 0 Å². The predicted octanol–water partition coefficient (Wildman–Crippen LogP) is 2.12. The van der Waals surface area contributed by atoms with E-state index >= 15 is 0 Å². The molecular weight excluding hydrogens is 240 g/mol. The van der Waals surface area contributed by atoms with Gasteiger partial charge in [-0.2, -0.15) is 0 Å². The van der Waals surface area contributed by atoms with E-state index in [2.05, 4.69) is 18.7 Å². The van der Waals surface area contributed by atoms with Crippen molar-refractivity contribution in [1.82, 2.24) is 4.90 Å². The molecule has 0 saturated carbocycles. The van der Waals surface area contributed by atoms with Crippen molar-refractivity contribution in [2.45, 2.75) is 46.6 Å². The van der Waals surface area contributed by atoms with E-state index in [0.717, 1.165) is 39.5 Å². The van der Waals surface area contributed by atoms with Crippen LogP contribution in [-0.4, -0.2) is 57.0 Å². The molecule has 1 unspecified atom stereocenters. The van der Waals surface area contributed by atoms with Gasteiger partial charge in [0.25, 0.3) is 0 Å². The Kier molecular flexibility index (Phi) is 12.7. The normalized spacial score (nSPS) is 13.4. The average molecular weight is 274 g/mol. The molecule has 0 heterocycles. The minimum absolute atomic E-state index is 0.441. The fraction of sp³-hybridized carbons (Fsp3) is 1.00. The van der Waals surface area contributed by atoms with Gasteiger partial charge >= 0.3 is 0 Å². The summed E-state index contributed by atoms with van der Waals surface area (Å²) in [5.41, 5.74) is 6.01. The summed E-state index contributed by atoms with van der Waals surface area (Å²) in [6, 6.07) is 0.441. The molecule has 2 N–H and O–H groups in total. The Morgan fingerprint density at radius 2 is 1.37 bits per heavy atom. The molecule has 0 radical (unpaired) electrons. The van der Waals surface area contributed by atoms with E-state index in [4.69, 9.17) is 15.2 Å². The van der Waals surface area contributed by atoms with Crippen LogP contribution in [-0.2, 0) is 9.47 Å². The first kappa shape index (κ1) is 18.8. The SMILES string of the molecule is CCOCCN(CCOCC)C(CN)C(CC)CC. The first-order valence-corrected chi connectivity index (χ1v) is 7.84. The fourth-order valence-corrected chi connectivity index (χ4v) is 2.57.